The number of aryl methyl sites for hydroxylation is 3. The summed E-state index contributed by atoms with van der Waals surface area (Å²) in [6.45, 7) is 11.0. The van der Waals surface area contributed by atoms with Crippen LogP contribution in [0.2, 0.25) is 0 Å². The van der Waals surface area contributed by atoms with Gasteiger partial charge in [0.25, 0.3) is 0 Å². The van der Waals surface area contributed by atoms with Crippen LogP contribution >= 0.6 is 0 Å². The molecule has 1 fully saturated rings. The Labute approximate surface area is 116 Å². The van der Waals surface area contributed by atoms with Crippen molar-refractivity contribution in [3.8, 4) is 0 Å². The van der Waals surface area contributed by atoms with Crippen LogP contribution in [0.5, 0.6) is 0 Å². The molecule has 1 aliphatic heterocycles. The normalized spacial score (nSPS) is 18.5. The zero-order chi connectivity index (χ0) is 13.8. The maximum absolute atomic E-state index is 9.40. The maximum atomic E-state index is 9.40. The minimum atomic E-state index is 0.251. The van der Waals surface area contributed by atoms with Crippen LogP contribution in [0.15, 0.2) is 12.1 Å². The summed E-state index contributed by atoms with van der Waals surface area (Å²) in [6.07, 6.45) is 0.823. The summed E-state index contributed by atoms with van der Waals surface area (Å²) in [7, 11) is 0. The molecular weight excluding hydrogens is 236 g/mol. The van der Waals surface area contributed by atoms with Gasteiger partial charge in [0, 0.05) is 38.8 Å². The summed E-state index contributed by atoms with van der Waals surface area (Å²) in [4.78, 5) is 2.50. The second kappa shape index (κ2) is 6.51. The van der Waals surface area contributed by atoms with E-state index in [0.29, 0.717) is 6.04 Å². The lowest BCUT2D eigenvalue weighted by atomic mass is 9.93. The monoisotopic (exact) mass is 262 g/mol. The third-order valence-electron chi connectivity index (χ3n) is 4.24. The fourth-order valence-electron chi connectivity index (χ4n) is 2.99. The van der Waals surface area contributed by atoms with E-state index in [1.54, 1.807) is 0 Å². The molecule has 2 rings (SSSR count). The molecule has 1 aliphatic rings. The molecule has 0 saturated carbocycles. The minimum absolute atomic E-state index is 0.251. The summed E-state index contributed by atoms with van der Waals surface area (Å²) >= 11 is 0. The van der Waals surface area contributed by atoms with Gasteiger partial charge in [-0.25, -0.2) is 0 Å². The van der Waals surface area contributed by atoms with E-state index < -0.39 is 0 Å². The Bertz CT molecular complexity index is 425. The third kappa shape index (κ3) is 3.35. The van der Waals surface area contributed by atoms with Crippen molar-refractivity contribution in [2.24, 2.45) is 0 Å². The molecular formula is C16H26N2O. The number of hydrogen-bond acceptors (Lipinski definition) is 3. The number of nitrogens with one attached hydrogen (secondary N) is 1. The largest absolute Gasteiger partial charge is 0.396 e. The van der Waals surface area contributed by atoms with Crippen molar-refractivity contribution in [2.45, 2.75) is 33.2 Å². The van der Waals surface area contributed by atoms with Crippen LogP contribution < -0.4 is 5.32 Å². The van der Waals surface area contributed by atoms with Gasteiger partial charge in [0.15, 0.2) is 0 Å². The van der Waals surface area contributed by atoms with E-state index in [1.807, 2.05) is 0 Å². The van der Waals surface area contributed by atoms with E-state index in [9.17, 15) is 5.11 Å². The lowest BCUT2D eigenvalue weighted by molar-refractivity contribution is 0.140. The molecule has 0 bridgehead atoms. The second-order valence-electron chi connectivity index (χ2n) is 5.61. The van der Waals surface area contributed by atoms with Gasteiger partial charge < -0.3 is 10.4 Å². The van der Waals surface area contributed by atoms with Crippen molar-refractivity contribution >= 4 is 0 Å². The van der Waals surface area contributed by atoms with Gasteiger partial charge in [0.2, 0.25) is 0 Å². The van der Waals surface area contributed by atoms with Gasteiger partial charge >= 0.3 is 0 Å². The Kier molecular flexibility index (Phi) is 4.97. The SMILES string of the molecule is Cc1cc(C)c(C(CCO)N2CCNCC2)cc1C. The van der Waals surface area contributed by atoms with Crippen LogP contribution in [0, 0.1) is 20.8 Å². The average molecular weight is 262 g/mol. The van der Waals surface area contributed by atoms with Gasteiger partial charge in [0.05, 0.1) is 0 Å². The summed E-state index contributed by atoms with van der Waals surface area (Å²) < 4.78 is 0. The molecule has 2 N–H and O–H groups in total. The molecule has 0 amide bonds. The fraction of sp³-hybridized carbons (Fsp3) is 0.625. The number of piperazine rings is 1. The molecule has 3 heteroatoms. The Balaban J connectivity index is 2.29. The molecule has 1 heterocycles. The summed E-state index contributed by atoms with van der Waals surface area (Å²) in [5.74, 6) is 0. The molecule has 1 saturated heterocycles. The number of benzene rings is 1. The van der Waals surface area contributed by atoms with E-state index in [4.69, 9.17) is 0 Å². The Morgan fingerprint density at radius 1 is 1.11 bits per heavy atom. The van der Waals surface area contributed by atoms with Gasteiger partial charge in [0.1, 0.15) is 0 Å². The van der Waals surface area contributed by atoms with Crippen LogP contribution in [0.4, 0.5) is 0 Å². The predicted octanol–water partition coefficient (Wildman–Crippen LogP) is 1.94. The topological polar surface area (TPSA) is 35.5 Å². The van der Waals surface area contributed by atoms with E-state index in [2.05, 4.69) is 43.1 Å². The molecule has 0 spiro atoms. The van der Waals surface area contributed by atoms with Crippen LogP contribution in [0.1, 0.15) is 34.7 Å². The fourth-order valence-corrected chi connectivity index (χ4v) is 2.99. The van der Waals surface area contributed by atoms with Gasteiger partial charge in [-0.15, -0.1) is 0 Å². The molecule has 3 nitrogen and oxygen atoms in total. The molecule has 0 radical (unpaired) electrons. The van der Waals surface area contributed by atoms with Crippen molar-refractivity contribution in [1.82, 2.24) is 10.2 Å². The maximum Gasteiger partial charge on any atom is 0.0449 e. The minimum Gasteiger partial charge on any atom is -0.396 e. The van der Waals surface area contributed by atoms with E-state index in [0.717, 1.165) is 32.6 Å². The van der Waals surface area contributed by atoms with Gasteiger partial charge in [-0.1, -0.05) is 12.1 Å². The molecule has 1 unspecified atom stereocenters. The number of rotatable bonds is 4. The Hall–Kier alpha value is -0.900. The van der Waals surface area contributed by atoms with Gasteiger partial charge in [-0.3, -0.25) is 4.90 Å². The van der Waals surface area contributed by atoms with Crippen molar-refractivity contribution in [2.75, 3.05) is 32.8 Å². The number of hydrogen-bond donors (Lipinski definition) is 2. The first-order chi connectivity index (χ1) is 9.13. The van der Waals surface area contributed by atoms with E-state index in [1.165, 1.54) is 22.3 Å². The first-order valence-corrected chi connectivity index (χ1v) is 7.27. The average Bonchev–Trinajstić information content (AvgIpc) is 2.42. The van der Waals surface area contributed by atoms with Crippen molar-refractivity contribution < 1.29 is 5.11 Å². The van der Waals surface area contributed by atoms with Crippen LogP contribution in [0.25, 0.3) is 0 Å². The number of aliphatic hydroxyl groups is 1. The number of nitrogens with zero attached hydrogens (tertiary/aromatic N) is 1. The standard InChI is InChI=1S/C16H26N2O/c1-12-10-14(3)15(11-13(12)2)16(4-9-19)18-7-5-17-6-8-18/h10-11,16-17,19H,4-9H2,1-3H3. The van der Waals surface area contributed by atoms with E-state index >= 15 is 0 Å². The quantitative estimate of drug-likeness (QED) is 0.870. The number of aliphatic hydroxyl groups excluding tert-OH is 1. The lowest BCUT2D eigenvalue weighted by Crippen LogP contribution is -2.45. The second-order valence-corrected chi connectivity index (χ2v) is 5.61. The van der Waals surface area contributed by atoms with Gasteiger partial charge in [-0.2, -0.15) is 0 Å². The van der Waals surface area contributed by atoms with Crippen molar-refractivity contribution in [1.29, 1.82) is 0 Å². The summed E-state index contributed by atoms with van der Waals surface area (Å²) in [6, 6.07) is 4.94. The highest BCUT2D eigenvalue weighted by atomic mass is 16.3. The molecule has 1 aromatic carbocycles. The molecule has 19 heavy (non-hydrogen) atoms. The first kappa shape index (κ1) is 14.5. The first-order valence-electron chi connectivity index (χ1n) is 7.27. The van der Waals surface area contributed by atoms with Crippen LogP contribution in [-0.2, 0) is 0 Å². The summed E-state index contributed by atoms with van der Waals surface area (Å²) in [5.41, 5.74) is 5.43. The highest BCUT2D eigenvalue weighted by molar-refractivity contribution is 5.38. The third-order valence-corrected chi connectivity index (χ3v) is 4.24. The highest BCUT2D eigenvalue weighted by Crippen LogP contribution is 2.29. The smallest absolute Gasteiger partial charge is 0.0449 e. The van der Waals surface area contributed by atoms with Crippen molar-refractivity contribution in [3.05, 3.63) is 34.4 Å². The van der Waals surface area contributed by atoms with Gasteiger partial charge in [-0.05, 0) is 49.4 Å². The summed E-state index contributed by atoms with van der Waals surface area (Å²) in [5, 5.41) is 12.8. The Morgan fingerprint density at radius 2 is 1.74 bits per heavy atom. The molecule has 0 aliphatic carbocycles. The predicted molar refractivity (Wildman–Crippen MR) is 79.5 cm³/mol. The molecule has 1 atom stereocenters. The van der Waals surface area contributed by atoms with Crippen molar-refractivity contribution in [3.63, 3.8) is 0 Å². The zero-order valence-electron chi connectivity index (χ0n) is 12.4. The van der Waals surface area contributed by atoms with Crippen LogP contribution in [-0.4, -0.2) is 42.8 Å². The molecule has 1 aromatic rings. The molecule has 106 valence electrons. The van der Waals surface area contributed by atoms with Crippen LogP contribution in [0.3, 0.4) is 0 Å². The van der Waals surface area contributed by atoms with E-state index in [-0.39, 0.29) is 6.61 Å². The Morgan fingerprint density at radius 3 is 2.37 bits per heavy atom. The molecule has 0 aromatic heterocycles. The highest BCUT2D eigenvalue weighted by Gasteiger charge is 2.23. The lowest BCUT2D eigenvalue weighted by Gasteiger charge is -2.36. The zero-order valence-corrected chi connectivity index (χ0v) is 12.4.